The van der Waals surface area contributed by atoms with E-state index in [0.29, 0.717) is 19.5 Å². The Morgan fingerprint density at radius 2 is 2.04 bits per heavy atom. The molecule has 1 aromatic carbocycles. The molecule has 1 N–H and O–H groups in total. The monoisotopic (exact) mass is 324 g/mol. The van der Waals surface area contributed by atoms with Gasteiger partial charge in [-0.1, -0.05) is 12.1 Å². The average molecular weight is 324 g/mol. The highest BCUT2D eigenvalue weighted by atomic mass is 16.4. The maximum absolute atomic E-state index is 12.5. The first-order valence-electron chi connectivity index (χ1n) is 8.42. The molecule has 124 valence electrons. The Morgan fingerprint density at radius 1 is 1.25 bits per heavy atom. The summed E-state index contributed by atoms with van der Waals surface area (Å²) in [5.41, 5.74) is 1.90. The number of nitrogens with zero attached hydrogens (tertiary/aromatic N) is 2. The summed E-state index contributed by atoms with van der Waals surface area (Å²) in [6, 6.07) is 9.82. The third-order valence-corrected chi connectivity index (χ3v) is 5.62. The Labute approximate surface area is 140 Å². The summed E-state index contributed by atoms with van der Waals surface area (Å²) in [6.45, 7) is 1.36. The fraction of sp³-hybridized carbons (Fsp3) is 0.421. The van der Waals surface area contributed by atoms with Crippen LogP contribution in [0.3, 0.4) is 0 Å². The van der Waals surface area contributed by atoms with Crippen LogP contribution in [-0.4, -0.2) is 40.0 Å². The minimum atomic E-state index is -0.681. The number of hydrogen-bond acceptors (Lipinski definition) is 3. The summed E-state index contributed by atoms with van der Waals surface area (Å²) in [5, 5.41) is 10.2. The lowest BCUT2D eigenvalue weighted by Crippen LogP contribution is -2.40. The zero-order valence-electron chi connectivity index (χ0n) is 13.4. The molecule has 1 amide bonds. The molecule has 1 saturated carbocycles. The van der Waals surface area contributed by atoms with Gasteiger partial charge in [0.2, 0.25) is 5.91 Å². The van der Waals surface area contributed by atoms with E-state index in [2.05, 4.69) is 4.98 Å². The number of piperidine rings is 1. The van der Waals surface area contributed by atoms with Crippen LogP contribution in [-0.2, 0) is 16.0 Å². The lowest BCUT2D eigenvalue weighted by molar-refractivity contribution is -0.139. The number of fused-ring (bicyclic) bond motifs is 1. The van der Waals surface area contributed by atoms with E-state index in [0.717, 1.165) is 35.7 Å². The number of carboxylic acid groups (broad SMARTS) is 1. The van der Waals surface area contributed by atoms with Crippen LogP contribution in [0.15, 0.2) is 36.5 Å². The fourth-order valence-corrected chi connectivity index (χ4v) is 3.97. The van der Waals surface area contributed by atoms with Gasteiger partial charge in [0, 0.05) is 24.7 Å². The Bertz CT molecular complexity index is 809. The summed E-state index contributed by atoms with van der Waals surface area (Å²) >= 11 is 0. The van der Waals surface area contributed by atoms with Crippen molar-refractivity contribution in [2.45, 2.75) is 25.7 Å². The molecule has 1 aliphatic carbocycles. The van der Waals surface area contributed by atoms with Crippen molar-refractivity contribution in [1.82, 2.24) is 9.88 Å². The van der Waals surface area contributed by atoms with E-state index >= 15 is 0 Å². The minimum absolute atomic E-state index is 0.0305. The van der Waals surface area contributed by atoms with E-state index in [1.807, 2.05) is 35.2 Å². The molecule has 1 aliphatic heterocycles. The zero-order valence-corrected chi connectivity index (χ0v) is 13.4. The quantitative estimate of drug-likeness (QED) is 0.941. The highest BCUT2D eigenvalue weighted by Crippen LogP contribution is 2.59. The number of benzene rings is 1. The number of carboxylic acids is 1. The lowest BCUT2D eigenvalue weighted by atomic mass is 9.90. The molecule has 1 spiro atoms. The number of carbonyl (C=O) groups excluding carboxylic acids is 1. The molecule has 2 aliphatic rings. The van der Waals surface area contributed by atoms with Gasteiger partial charge in [-0.3, -0.25) is 14.6 Å². The molecule has 24 heavy (non-hydrogen) atoms. The Balaban J connectivity index is 1.39. The number of rotatable bonds is 3. The predicted molar refractivity (Wildman–Crippen MR) is 89.4 cm³/mol. The fourth-order valence-electron chi connectivity index (χ4n) is 3.97. The van der Waals surface area contributed by atoms with Gasteiger partial charge in [0.15, 0.2) is 0 Å². The van der Waals surface area contributed by atoms with Gasteiger partial charge >= 0.3 is 5.97 Å². The summed E-state index contributed by atoms with van der Waals surface area (Å²) < 4.78 is 0. The van der Waals surface area contributed by atoms with Crippen molar-refractivity contribution in [2.75, 3.05) is 13.1 Å². The molecule has 2 fully saturated rings. The SMILES string of the molecule is O=C(O)C1CC12CCN(C(=O)Cc1ccc3ncccc3c1)CC2. The smallest absolute Gasteiger partial charge is 0.307 e. The van der Waals surface area contributed by atoms with Crippen LogP contribution >= 0.6 is 0 Å². The number of carbonyl (C=O) groups is 2. The first kappa shape index (κ1) is 15.1. The Kier molecular flexibility index (Phi) is 3.52. The highest BCUT2D eigenvalue weighted by Gasteiger charge is 2.59. The van der Waals surface area contributed by atoms with Crippen molar-refractivity contribution in [2.24, 2.45) is 11.3 Å². The second kappa shape index (κ2) is 5.58. The Hall–Kier alpha value is -2.43. The van der Waals surface area contributed by atoms with Crippen molar-refractivity contribution in [3.05, 3.63) is 42.1 Å². The van der Waals surface area contributed by atoms with E-state index in [-0.39, 0.29) is 17.2 Å². The molecule has 2 heterocycles. The maximum atomic E-state index is 12.5. The van der Waals surface area contributed by atoms with Crippen LogP contribution in [0.5, 0.6) is 0 Å². The number of hydrogen-bond donors (Lipinski definition) is 1. The minimum Gasteiger partial charge on any atom is -0.481 e. The van der Waals surface area contributed by atoms with Gasteiger partial charge in [0.1, 0.15) is 0 Å². The first-order valence-corrected chi connectivity index (χ1v) is 8.42. The average Bonchev–Trinajstić information content (AvgIpc) is 3.29. The highest BCUT2D eigenvalue weighted by molar-refractivity contribution is 5.83. The predicted octanol–water partition coefficient (Wildman–Crippen LogP) is 2.49. The summed E-state index contributed by atoms with van der Waals surface area (Å²) in [4.78, 5) is 29.8. The second-order valence-electron chi connectivity index (χ2n) is 7.05. The topological polar surface area (TPSA) is 70.5 Å². The molecule has 1 unspecified atom stereocenters. The number of aliphatic carboxylic acids is 1. The van der Waals surface area contributed by atoms with Gasteiger partial charge in [-0.05, 0) is 48.4 Å². The number of likely N-dealkylation sites (tertiary alicyclic amines) is 1. The van der Waals surface area contributed by atoms with E-state index < -0.39 is 5.97 Å². The van der Waals surface area contributed by atoms with E-state index in [9.17, 15) is 9.59 Å². The van der Waals surface area contributed by atoms with Gasteiger partial charge in [-0.15, -0.1) is 0 Å². The lowest BCUT2D eigenvalue weighted by Gasteiger charge is -2.32. The third kappa shape index (κ3) is 2.64. The first-order chi connectivity index (χ1) is 11.6. The van der Waals surface area contributed by atoms with Crippen molar-refractivity contribution >= 4 is 22.8 Å². The van der Waals surface area contributed by atoms with E-state index in [1.165, 1.54) is 0 Å². The van der Waals surface area contributed by atoms with Crippen LogP contribution in [0, 0.1) is 11.3 Å². The molecule has 1 atom stereocenters. The van der Waals surface area contributed by atoms with Crippen LogP contribution in [0.1, 0.15) is 24.8 Å². The molecule has 5 heteroatoms. The molecule has 1 saturated heterocycles. The van der Waals surface area contributed by atoms with Crippen molar-refractivity contribution in [3.8, 4) is 0 Å². The van der Waals surface area contributed by atoms with Gasteiger partial charge < -0.3 is 10.0 Å². The molecule has 5 nitrogen and oxygen atoms in total. The normalized spacial score (nSPS) is 21.8. The zero-order chi connectivity index (χ0) is 16.7. The summed E-state index contributed by atoms with van der Waals surface area (Å²) in [7, 11) is 0. The molecule has 1 aromatic heterocycles. The molecular weight excluding hydrogens is 304 g/mol. The van der Waals surface area contributed by atoms with Gasteiger partial charge in [0.25, 0.3) is 0 Å². The number of aromatic nitrogens is 1. The van der Waals surface area contributed by atoms with Crippen LogP contribution < -0.4 is 0 Å². The van der Waals surface area contributed by atoms with Crippen LogP contribution in [0.4, 0.5) is 0 Å². The largest absolute Gasteiger partial charge is 0.481 e. The molecule has 2 aromatic rings. The van der Waals surface area contributed by atoms with Crippen molar-refractivity contribution < 1.29 is 14.7 Å². The third-order valence-electron chi connectivity index (χ3n) is 5.62. The molecule has 4 rings (SSSR count). The summed E-state index contributed by atoms with van der Waals surface area (Å²) in [5.74, 6) is -0.747. The van der Waals surface area contributed by atoms with Crippen molar-refractivity contribution in [3.63, 3.8) is 0 Å². The molecule has 0 radical (unpaired) electrons. The summed E-state index contributed by atoms with van der Waals surface area (Å²) in [6.07, 6.45) is 4.57. The second-order valence-corrected chi connectivity index (χ2v) is 7.05. The standard InChI is InChI=1S/C19H20N2O3/c22-17(11-13-3-4-16-14(10-13)2-1-7-20-16)21-8-5-19(6-9-21)12-15(19)18(23)24/h1-4,7,10,15H,5-6,8-9,11-12H2,(H,23,24). The number of pyridine rings is 1. The van der Waals surface area contributed by atoms with Crippen molar-refractivity contribution in [1.29, 1.82) is 0 Å². The van der Waals surface area contributed by atoms with Gasteiger partial charge in [-0.25, -0.2) is 0 Å². The van der Waals surface area contributed by atoms with E-state index in [4.69, 9.17) is 5.11 Å². The van der Waals surface area contributed by atoms with Gasteiger partial charge in [-0.2, -0.15) is 0 Å². The van der Waals surface area contributed by atoms with Gasteiger partial charge in [0.05, 0.1) is 17.9 Å². The Morgan fingerprint density at radius 3 is 2.75 bits per heavy atom. The molecular formula is C19H20N2O3. The van der Waals surface area contributed by atoms with Crippen LogP contribution in [0.25, 0.3) is 10.9 Å². The van der Waals surface area contributed by atoms with E-state index in [1.54, 1.807) is 6.20 Å². The molecule has 0 bridgehead atoms. The number of amides is 1. The maximum Gasteiger partial charge on any atom is 0.307 e. The van der Waals surface area contributed by atoms with Crippen LogP contribution in [0.2, 0.25) is 0 Å².